The van der Waals surface area contributed by atoms with Crippen LogP contribution in [0.15, 0.2) is 18.2 Å². The third-order valence-electron chi connectivity index (χ3n) is 4.07. The Bertz CT molecular complexity index is 671. The van der Waals surface area contributed by atoms with Crippen LogP contribution >= 0.6 is 0 Å². The molecule has 0 saturated heterocycles. The molecule has 2 amide bonds. The second-order valence-electron chi connectivity index (χ2n) is 5.79. The summed E-state index contributed by atoms with van der Waals surface area (Å²) in [6.45, 7) is 0. The Balaban J connectivity index is 2.04. The SMILES string of the molecule is NC(=O)C(CCC=O)N1C(=O)c2cc(CCCCC(=O)O)ccc21. The zero-order chi connectivity index (χ0) is 17.7. The lowest BCUT2D eigenvalue weighted by molar-refractivity contribution is -0.137. The van der Waals surface area contributed by atoms with E-state index < -0.39 is 17.9 Å². The van der Waals surface area contributed by atoms with Gasteiger partial charge in [-0.3, -0.25) is 19.3 Å². The van der Waals surface area contributed by atoms with Gasteiger partial charge in [0.2, 0.25) is 5.91 Å². The number of hydrogen-bond acceptors (Lipinski definition) is 4. The van der Waals surface area contributed by atoms with E-state index in [0.717, 1.165) is 12.0 Å². The molecule has 7 nitrogen and oxygen atoms in total. The first-order valence-electron chi connectivity index (χ1n) is 7.87. The Kier molecular flexibility index (Phi) is 5.68. The zero-order valence-corrected chi connectivity index (χ0v) is 13.2. The van der Waals surface area contributed by atoms with Crippen LogP contribution in [-0.4, -0.2) is 35.2 Å². The highest BCUT2D eigenvalue weighted by atomic mass is 16.4. The van der Waals surface area contributed by atoms with Gasteiger partial charge in [-0.15, -0.1) is 0 Å². The predicted molar refractivity (Wildman–Crippen MR) is 86.7 cm³/mol. The van der Waals surface area contributed by atoms with E-state index in [0.29, 0.717) is 30.4 Å². The molecular formula is C17H20N2O5. The highest BCUT2D eigenvalue weighted by molar-refractivity contribution is 6.22. The molecule has 0 aliphatic carbocycles. The van der Waals surface area contributed by atoms with E-state index in [1.165, 1.54) is 4.90 Å². The number of amides is 2. The van der Waals surface area contributed by atoms with Gasteiger partial charge >= 0.3 is 5.97 Å². The smallest absolute Gasteiger partial charge is 0.303 e. The van der Waals surface area contributed by atoms with Gasteiger partial charge in [0.15, 0.2) is 0 Å². The highest BCUT2D eigenvalue weighted by Crippen LogP contribution is 2.36. The van der Waals surface area contributed by atoms with Crippen LogP contribution in [0.3, 0.4) is 0 Å². The van der Waals surface area contributed by atoms with Gasteiger partial charge in [0.05, 0.1) is 11.3 Å². The number of benzene rings is 1. The molecule has 0 fully saturated rings. The maximum atomic E-state index is 12.3. The normalized spacial score (nSPS) is 13.8. The molecule has 128 valence electrons. The first-order chi connectivity index (χ1) is 11.5. The summed E-state index contributed by atoms with van der Waals surface area (Å²) in [7, 11) is 0. The van der Waals surface area contributed by atoms with Crippen LogP contribution in [0.1, 0.15) is 48.0 Å². The number of aliphatic carboxylic acids is 1. The number of carboxylic acid groups (broad SMARTS) is 1. The van der Waals surface area contributed by atoms with Crippen LogP contribution in [0.2, 0.25) is 0 Å². The molecule has 1 aromatic carbocycles. The number of nitrogens with two attached hydrogens (primary N) is 1. The largest absolute Gasteiger partial charge is 0.481 e. The Labute approximate surface area is 139 Å². The fourth-order valence-electron chi connectivity index (χ4n) is 2.85. The number of primary amides is 1. The molecule has 0 saturated carbocycles. The molecule has 1 atom stereocenters. The molecule has 24 heavy (non-hydrogen) atoms. The first-order valence-corrected chi connectivity index (χ1v) is 7.87. The topological polar surface area (TPSA) is 118 Å². The summed E-state index contributed by atoms with van der Waals surface area (Å²) in [5.41, 5.74) is 7.47. The van der Waals surface area contributed by atoms with Crippen molar-refractivity contribution < 1.29 is 24.3 Å². The third-order valence-corrected chi connectivity index (χ3v) is 4.07. The van der Waals surface area contributed by atoms with Gasteiger partial charge in [0.25, 0.3) is 5.91 Å². The molecule has 1 aliphatic rings. The Hall–Kier alpha value is -2.70. The molecule has 1 unspecified atom stereocenters. The third kappa shape index (κ3) is 3.79. The van der Waals surface area contributed by atoms with E-state index in [2.05, 4.69) is 0 Å². The molecule has 0 aromatic heterocycles. The summed E-state index contributed by atoms with van der Waals surface area (Å²) in [5, 5.41) is 8.61. The van der Waals surface area contributed by atoms with Gasteiger partial charge < -0.3 is 15.6 Å². The number of nitrogens with zero attached hydrogens (tertiary/aromatic N) is 1. The zero-order valence-electron chi connectivity index (χ0n) is 13.2. The van der Waals surface area contributed by atoms with Crippen molar-refractivity contribution in [1.29, 1.82) is 0 Å². The van der Waals surface area contributed by atoms with Crippen molar-refractivity contribution in [2.75, 3.05) is 4.90 Å². The van der Waals surface area contributed by atoms with Crippen molar-refractivity contribution in [3.8, 4) is 0 Å². The van der Waals surface area contributed by atoms with E-state index in [4.69, 9.17) is 10.8 Å². The monoisotopic (exact) mass is 332 g/mol. The summed E-state index contributed by atoms with van der Waals surface area (Å²) in [6, 6.07) is 4.58. The maximum Gasteiger partial charge on any atom is 0.303 e. The molecule has 2 rings (SSSR count). The molecular weight excluding hydrogens is 312 g/mol. The lowest BCUT2D eigenvalue weighted by Crippen LogP contribution is -2.53. The number of carbonyl (C=O) groups excluding carboxylic acids is 3. The van der Waals surface area contributed by atoms with Crippen molar-refractivity contribution in [1.82, 2.24) is 0 Å². The molecule has 0 bridgehead atoms. The minimum atomic E-state index is -0.814. The molecule has 3 N–H and O–H groups in total. The van der Waals surface area contributed by atoms with Gasteiger partial charge in [-0.05, 0) is 43.4 Å². The Morgan fingerprint density at radius 1 is 1.29 bits per heavy atom. The lowest BCUT2D eigenvalue weighted by atomic mass is 9.93. The van der Waals surface area contributed by atoms with Crippen LogP contribution in [-0.2, 0) is 20.8 Å². The number of hydrogen-bond donors (Lipinski definition) is 2. The number of unbranched alkanes of at least 4 members (excludes halogenated alkanes) is 1. The van der Waals surface area contributed by atoms with Crippen LogP contribution in [0, 0.1) is 0 Å². The van der Waals surface area contributed by atoms with Crippen molar-refractivity contribution in [2.24, 2.45) is 5.73 Å². The highest BCUT2D eigenvalue weighted by Gasteiger charge is 2.40. The van der Waals surface area contributed by atoms with Crippen LogP contribution in [0.5, 0.6) is 0 Å². The fraction of sp³-hybridized carbons (Fsp3) is 0.412. The molecule has 7 heteroatoms. The number of anilines is 1. The van der Waals surface area contributed by atoms with E-state index in [1.807, 2.05) is 6.07 Å². The second kappa shape index (κ2) is 7.72. The van der Waals surface area contributed by atoms with Gasteiger partial charge in [0.1, 0.15) is 12.3 Å². The quantitative estimate of drug-likeness (QED) is 0.494. The maximum absolute atomic E-state index is 12.3. The van der Waals surface area contributed by atoms with Crippen molar-refractivity contribution in [2.45, 2.75) is 44.6 Å². The van der Waals surface area contributed by atoms with Gasteiger partial charge in [-0.1, -0.05) is 6.07 Å². The van der Waals surface area contributed by atoms with E-state index in [9.17, 15) is 19.2 Å². The van der Waals surface area contributed by atoms with E-state index in [1.54, 1.807) is 12.1 Å². The van der Waals surface area contributed by atoms with Crippen LogP contribution in [0.25, 0.3) is 0 Å². The average Bonchev–Trinajstić information content (AvgIpc) is 2.54. The minimum Gasteiger partial charge on any atom is -0.481 e. The first kappa shape index (κ1) is 17.7. The van der Waals surface area contributed by atoms with Crippen LogP contribution < -0.4 is 10.6 Å². The predicted octanol–water partition coefficient (Wildman–Crippen LogP) is 1.28. The Morgan fingerprint density at radius 2 is 2.04 bits per heavy atom. The lowest BCUT2D eigenvalue weighted by Gasteiger charge is -2.38. The van der Waals surface area contributed by atoms with Gasteiger partial charge in [-0.25, -0.2) is 0 Å². The molecule has 1 heterocycles. The summed E-state index contributed by atoms with van der Waals surface area (Å²) >= 11 is 0. The molecule has 1 aliphatic heterocycles. The minimum absolute atomic E-state index is 0.134. The van der Waals surface area contributed by atoms with Gasteiger partial charge in [-0.2, -0.15) is 0 Å². The van der Waals surface area contributed by atoms with E-state index >= 15 is 0 Å². The number of carboxylic acids is 1. The molecule has 1 aromatic rings. The average molecular weight is 332 g/mol. The summed E-state index contributed by atoms with van der Waals surface area (Å²) < 4.78 is 0. The van der Waals surface area contributed by atoms with Crippen molar-refractivity contribution >= 4 is 29.8 Å². The summed E-state index contributed by atoms with van der Waals surface area (Å²) in [5.74, 6) is -1.72. The Morgan fingerprint density at radius 3 is 2.67 bits per heavy atom. The number of rotatable bonds is 10. The van der Waals surface area contributed by atoms with Crippen molar-refractivity contribution in [3.05, 3.63) is 29.3 Å². The summed E-state index contributed by atoms with van der Waals surface area (Å²) in [4.78, 5) is 46.2. The summed E-state index contributed by atoms with van der Waals surface area (Å²) in [6.07, 6.45) is 3.21. The molecule has 0 spiro atoms. The number of aryl methyl sites for hydroxylation is 1. The van der Waals surface area contributed by atoms with Crippen molar-refractivity contribution in [3.63, 3.8) is 0 Å². The van der Waals surface area contributed by atoms with Crippen LogP contribution in [0.4, 0.5) is 5.69 Å². The number of aldehydes is 1. The molecule has 0 radical (unpaired) electrons. The second-order valence-corrected chi connectivity index (χ2v) is 5.79. The van der Waals surface area contributed by atoms with E-state index in [-0.39, 0.29) is 25.2 Å². The standard InChI is InChI=1S/C17H20N2O5/c18-16(23)14(5-3-9-20)19-13-8-7-11(10-12(13)17(19)24)4-1-2-6-15(21)22/h7-10,14H,1-6H2,(H2,18,23)(H,21,22). The fourth-order valence-corrected chi connectivity index (χ4v) is 2.85. The van der Waals surface area contributed by atoms with Gasteiger partial charge in [0, 0.05) is 12.8 Å². The number of carbonyl (C=O) groups is 4. The number of fused-ring (bicyclic) bond motifs is 1.